The largest absolute Gasteiger partial charge is 0.383 e. The van der Waals surface area contributed by atoms with Gasteiger partial charge in [-0.25, -0.2) is 0 Å². The summed E-state index contributed by atoms with van der Waals surface area (Å²) in [5.74, 6) is 0. The average Bonchev–Trinajstić information content (AvgIpc) is 2.77. The predicted octanol–water partition coefficient (Wildman–Crippen LogP) is 2.88. The number of aromatic nitrogens is 2. The van der Waals surface area contributed by atoms with E-state index in [0.29, 0.717) is 23.2 Å². The first-order valence-corrected chi connectivity index (χ1v) is 6.60. The topological polar surface area (TPSA) is 53.1 Å². The Morgan fingerprint density at radius 3 is 2.63 bits per heavy atom. The monoisotopic (exact) mass is 299 g/mol. The van der Waals surface area contributed by atoms with Crippen molar-refractivity contribution in [2.24, 2.45) is 5.73 Å². The van der Waals surface area contributed by atoms with Crippen LogP contribution in [0.2, 0.25) is 10.0 Å². The zero-order chi connectivity index (χ0) is 13.8. The van der Waals surface area contributed by atoms with Crippen LogP contribution >= 0.6 is 23.2 Å². The summed E-state index contributed by atoms with van der Waals surface area (Å²) in [5, 5.41) is 5.45. The van der Waals surface area contributed by atoms with Gasteiger partial charge >= 0.3 is 0 Å². The van der Waals surface area contributed by atoms with Gasteiger partial charge in [0.2, 0.25) is 0 Å². The molecule has 4 nitrogen and oxygen atoms in total. The van der Waals surface area contributed by atoms with E-state index in [9.17, 15) is 0 Å². The van der Waals surface area contributed by atoms with Crippen molar-refractivity contribution in [2.75, 3.05) is 13.7 Å². The molecule has 6 heteroatoms. The first-order valence-electron chi connectivity index (χ1n) is 5.84. The van der Waals surface area contributed by atoms with E-state index in [1.807, 2.05) is 12.1 Å². The van der Waals surface area contributed by atoms with Crippen molar-refractivity contribution < 1.29 is 4.74 Å². The number of methoxy groups -OCH3 is 1. The van der Waals surface area contributed by atoms with Crippen molar-refractivity contribution >= 4 is 23.2 Å². The second-order valence-electron chi connectivity index (χ2n) is 4.12. The molecule has 2 N–H and O–H groups in total. The minimum atomic E-state index is -0.343. The van der Waals surface area contributed by atoms with Gasteiger partial charge in [0, 0.05) is 12.1 Å². The third-order valence-corrected chi connectivity index (χ3v) is 3.41. The Kier molecular flexibility index (Phi) is 4.82. The fourth-order valence-electron chi connectivity index (χ4n) is 1.87. The van der Waals surface area contributed by atoms with Crippen LogP contribution in [0.5, 0.6) is 0 Å². The lowest BCUT2D eigenvalue weighted by Gasteiger charge is -2.15. The number of nitrogens with zero attached hydrogens (tertiary/aromatic N) is 2. The maximum atomic E-state index is 6.26. The zero-order valence-corrected chi connectivity index (χ0v) is 12.0. The molecule has 1 atom stereocenters. The highest BCUT2D eigenvalue weighted by Crippen LogP contribution is 2.27. The van der Waals surface area contributed by atoms with Crippen LogP contribution in [-0.2, 0) is 11.3 Å². The lowest BCUT2D eigenvalue weighted by atomic mass is 10.0. The summed E-state index contributed by atoms with van der Waals surface area (Å²) in [4.78, 5) is 0. The summed E-state index contributed by atoms with van der Waals surface area (Å²) < 4.78 is 6.82. The van der Waals surface area contributed by atoms with Crippen molar-refractivity contribution in [3.8, 4) is 0 Å². The van der Waals surface area contributed by atoms with Gasteiger partial charge in [0.1, 0.15) is 0 Å². The van der Waals surface area contributed by atoms with E-state index in [-0.39, 0.29) is 6.04 Å². The number of hydrogen-bond acceptors (Lipinski definition) is 3. The minimum Gasteiger partial charge on any atom is -0.383 e. The molecule has 0 radical (unpaired) electrons. The van der Waals surface area contributed by atoms with Crippen LogP contribution in [0, 0.1) is 0 Å². The summed E-state index contributed by atoms with van der Waals surface area (Å²) in [7, 11) is 1.64. The van der Waals surface area contributed by atoms with Gasteiger partial charge < -0.3 is 10.5 Å². The van der Waals surface area contributed by atoms with Gasteiger partial charge in [-0.15, -0.1) is 0 Å². The van der Waals surface area contributed by atoms with Gasteiger partial charge in [-0.05, 0) is 17.7 Å². The first kappa shape index (κ1) is 14.3. The second kappa shape index (κ2) is 6.39. The number of nitrogens with two attached hydrogens (primary N) is 1. The minimum absolute atomic E-state index is 0.343. The van der Waals surface area contributed by atoms with Gasteiger partial charge in [-0.2, -0.15) is 5.10 Å². The van der Waals surface area contributed by atoms with E-state index in [1.165, 1.54) is 0 Å². The normalized spacial score (nSPS) is 12.6. The molecule has 2 aromatic rings. The number of halogens is 2. The van der Waals surface area contributed by atoms with Crippen LogP contribution in [-0.4, -0.2) is 23.5 Å². The summed E-state index contributed by atoms with van der Waals surface area (Å²) >= 11 is 12.0. The Bertz CT molecular complexity index is 539. The Labute approximate surface area is 122 Å². The summed E-state index contributed by atoms with van der Waals surface area (Å²) in [6.07, 6.45) is 1.60. The van der Waals surface area contributed by atoms with Crippen molar-refractivity contribution in [1.82, 2.24) is 9.78 Å². The van der Waals surface area contributed by atoms with E-state index >= 15 is 0 Å². The maximum Gasteiger partial charge on any atom is 0.0837 e. The van der Waals surface area contributed by atoms with Gasteiger partial charge in [0.05, 0.1) is 36.1 Å². The molecular formula is C13H15Cl2N3O. The number of ether oxygens (including phenoxy) is 1. The number of benzene rings is 1. The van der Waals surface area contributed by atoms with Crippen LogP contribution in [0.15, 0.2) is 30.5 Å². The smallest absolute Gasteiger partial charge is 0.0837 e. The van der Waals surface area contributed by atoms with Crippen molar-refractivity contribution in [3.63, 3.8) is 0 Å². The SMILES string of the molecule is COCCn1ncc(Cl)c1C(N)c1ccc(Cl)cc1. The first-order chi connectivity index (χ1) is 9.13. The molecule has 1 aromatic heterocycles. The number of hydrogen-bond donors (Lipinski definition) is 1. The van der Waals surface area contributed by atoms with E-state index in [2.05, 4.69) is 5.10 Å². The van der Waals surface area contributed by atoms with E-state index in [0.717, 1.165) is 11.3 Å². The molecule has 0 aliphatic carbocycles. The van der Waals surface area contributed by atoms with Crippen LogP contribution in [0.1, 0.15) is 17.3 Å². The van der Waals surface area contributed by atoms with Crippen molar-refractivity contribution in [2.45, 2.75) is 12.6 Å². The lowest BCUT2D eigenvalue weighted by molar-refractivity contribution is 0.182. The van der Waals surface area contributed by atoms with E-state index in [1.54, 1.807) is 30.1 Å². The molecule has 1 aromatic carbocycles. The molecule has 0 saturated carbocycles. The molecule has 0 bridgehead atoms. The van der Waals surface area contributed by atoms with E-state index < -0.39 is 0 Å². The highest BCUT2D eigenvalue weighted by Gasteiger charge is 2.18. The summed E-state index contributed by atoms with van der Waals surface area (Å²) in [5.41, 5.74) is 7.97. The van der Waals surface area contributed by atoms with Gasteiger partial charge in [-0.3, -0.25) is 4.68 Å². The fraction of sp³-hybridized carbons (Fsp3) is 0.308. The molecule has 19 heavy (non-hydrogen) atoms. The zero-order valence-electron chi connectivity index (χ0n) is 10.5. The van der Waals surface area contributed by atoms with Gasteiger partial charge in [0.25, 0.3) is 0 Å². The predicted molar refractivity (Wildman–Crippen MR) is 76.6 cm³/mol. The molecule has 2 rings (SSSR count). The van der Waals surface area contributed by atoms with Crippen LogP contribution in [0.4, 0.5) is 0 Å². The fourth-order valence-corrected chi connectivity index (χ4v) is 2.25. The average molecular weight is 300 g/mol. The molecular weight excluding hydrogens is 285 g/mol. The highest BCUT2D eigenvalue weighted by atomic mass is 35.5. The number of rotatable bonds is 5. The standard InChI is InChI=1S/C13H15Cl2N3O/c1-19-7-6-18-13(11(15)8-17-18)12(16)9-2-4-10(14)5-3-9/h2-5,8,12H,6-7,16H2,1H3. The maximum absolute atomic E-state index is 6.26. The molecule has 0 aliphatic rings. The molecule has 0 aliphatic heterocycles. The van der Waals surface area contributed by atoms with Crippen molar-refractivity contribution in [1.29, 1.82) is 0 Å². The molecule has 1 unspecified atom stereocenters. The third-order valence-electron chi connectivity index (χ3n) is 2.86. The molecule has 0 saturated heterocycles. The van der Waals surface area contributed by atoms with Gasteiger partial charge in [-0.1, -0.05) is 35.3 Å². The molecule has 0 amide bonds. The van der Waals surface area contributed by atoms with Crippen LogP contribution in [0.3, 0.4) is 0 Å². The molecule has 0 spiro atoms. The molecule has 0 fully saturated rings. The third kappa shape index (κ3) is 3.28. The Balaban J connectivity index is 2.29. The second-order valence-corrected chi connectivity index (χ2v) is 4.97. The Morgan fingerprint density at radius 1 is 1.32 bits per heavy atom. The Hall–Kier alpha value is -1.07. The van der Waals surface area contributed by atoms with Crippen LogP contribution < -0.4 is 5.73 Å². The highest BCUT2D eigenvalue weighted by molar-refractivity contribution is 6.31. The Morgan fingerprint density at radius 2 is 2.00 bits per heavy atom. The molecule has 102 valence electrons. The summed E-state index contributed by atoms with van der Waals surface area (Å²) in [6, 6.07) is 7.04. The van der Waals surface area contributed by atoms with E-state index in [4.69, 9.17) is 33.7 Å². The molecule has 1 heterocycles. The summed E-state index contributed by atoms with van der Waals surface area (Å²) in [6.45, 7) is 1.16. The van der Waals surface area contributed by atoms with Crippen LogP contribution in [0.25, 0.3) is 0 Å². The van der Waals surface area contributed by atoms with Crippen molar-refractivity contribution in [3.05, 3.63) is 51.8 Å². The lowest BCUT2D eigenvalue weighted by Crippen LogP contribution is -2.19. The van der Waals surface area contributed by atoms with Gasteiger partial charge in [0.15, 0.2) is 0 Å². The quantitative estimate of drug-likeness (QED) is 0.923.